The molecule has 1 saturated carbocycles. The number of hydrogen-bond donors (Lipinski definition) is 1. The van der Waals surface area contributed by atoms with Crippen molar-refractivity contribution in [1.82, 2.24) is 9.88 Å². The van der Waals surface area contributed by atoms with Gasteiger partial charge in [-0.1, -0.05) is 48.4 Å². The number of piperidine rings is 1. The monoisotopic (exact) mass is 555 g/mol. The van der Waals surface area contributed by atoms with Gasteiger partial charge in [-0.3, -0.25) is 4.79 Å². The molecular weight excluding hydrogens is 529 g/mol. The summed E-state index contributed by atoms with van der Waals surface area (Å²) in [5.41, 5.74) is -1.94. The lowest BCUT2D eigenvalue weighted by Gasteiger charge is -2.53. The summed E-state index contributed by atoms with van der Waals surface area (Å²) in [6, 6.07) is 14.2. The van der Waals surface area contributed by atoms with Gasteiger partial charge >= 0.3 is 6.18 Å². The summed E-state index contributed by atoms with van der Waals surface area (Å²) in [4.78, 5) is 19.0. The van der Waals surface area contributed by atoms with Gasteiger partial charge in [-0.2, -0.15) is 18.4 Å². The van der Waals surface area contributed by atoms with Crippen molar-refractivity contribution in [2.24, 2.45) is 11.8 Å². The van der Waals surface area contributed by atoms with E-state index in [4.69, 9.17) is 0 Å². The van der Waals surface area contributed by atoms with Crippen molar-refractivity contribution in [3.63, 3.8) is 0 Å². The topological polar surface area (TPSA) is 77.2 Å². The number of rotatable bonds is 4. The summed E-state index contributed by atoms with van der Waals surface area (Å²) in [6.07, 6.45) is -5.58. The second-order valence-corrected chi connectivity index (χ2v) is 10.5. The van der Waals surface area contributed by atoms with E-state index in [9.17, 15) is 37.1 Å². The lowest BCUT2D eigenvalue weighted by atomic mass is 9.62. The molecule has 1 amide bonds. The summed E-state index contributed by atoms with van der Waals surface area (Å²) in [7, 11) is 0. The molecule has 1 saturated heterocycles. The zero-order chi connectivity index (χ0) is 28.8. The Labute approximate surface area is 227 Å². The minimum atomic E-state index is -4.59. The number of aromatic nitrogens is 1. The van der Waals surface area contributed by atoms with Crippen LogP contribution in [0.1, 0.15) is 64.0 Å². The Balaban J connectivity index is 1.49. The predicted molar refractivity (Wildman–Crippen MR) is 136 cm³/mol. The van der Waals surface area contributed by atoms with Crippen molar-refractivity contribution in [2.45, 2.75) is 44.4 Å². The molecule has 5 nitrogen and oxygen atoms in total. The number of aryl methyl sites for hydroxylation is 1. The van der Waals surface area contributed by atoms with E-state index >= 15 is 0 Å². The minimum Gasteiger partial charge on any atom is -0.384 e. The molecule has 5 rings (SSSR count). The molecule has 0 radical (unpaired) electrons. The van der Waals surface area contributed by atoms with E-state index in [2.05, 4.69) is 4.98 Å². The Kier molecular flexibility index (Phi) is 7.13. The average Bonchev–Trinajstić information content (AvgIpc) is 2.91. The van der Waals surface area contributed by atoms with E-state index < -0.39 is 40.9 Å². The average molecular weight is 556 g/mol. The maximum atomic E-state index is 14.2. The van der Waals surface area contributed by atoms with Crippen LogP contribution in [0.5, 0.6) is 0 Å². The number of halogens is 5. The van der Waals surface area contributed by atoms with Crippen molar-refractivity contribution in [3.05, 3.63) is 88.1 Å². The van der Waals surface area contributed by atoms with Gasteiger partial charge in [-0.15, -0.1) is 0 Å². The second-order valence-electron chi connectivity index (χ2n) is 10.5. The van der Waals surface area contributed by atoms with Gasteiger partial charge in [0.1, 0.15) is 11.8 Å². The summed E-state index contributed by atoms with van der Waals surface area (Å²) in [6.45, 7) is 2.23. The molecular formula is C30H26F5N3O2. The van der Waals surface area contributed by atoms with Gasteiger partial charge in [0.2, 0.25) is 0 Å². The number of fused-ring (bicyclic) bond motifs is 2. The third-order valence-electron chi connectivity index (χ3n) is 8.13. The van der Waals surface area contributed by atoms with Crippen LogP contribution in [0.3, 0.4) is 0 Å². The minimum absolute atomic E-state index is 0.0427. The van der Waals surface area contributed by atoms with Crippen molar-refractivity contribution in [1.29, 1.82) is 5.26 Å². The van der Waals surface area contributed by atoms with Crippen LogP contribution in [0.4, 0.5) is 22.0 Å². The first kappa shape index (κ1) is 27.7. The van der Waals surface area contributed by atoms with Gasteiger partial charge in [0.15, 0.2) is 0 Å². The van der Waals surface area contributed by atoms with Crippen molar-refractivity contribution in [2.75, 3.05) is 13.1 Å². The van der Waals surface area contributed by atoms with E-state index in [0.717, 1.165) is 47.9 Å². The first-order valence-corrected chi connectivity index (χ1v) is 12.9. The maximum absolute atomic E-state index is 14.2. The Morgan fingerprint density at radius 3 is 2.20 bits per heavy atom. The van der Waals surface area contributed by atoms with Crippen LogP contribution in [0.25, 0.3) is 11.3 Å². The fourth-order valence-electron chi connectivity index (χ4n) is 6.07. The molecule has 2 fully saturated rings. The largest absolute Gasteiger partial charge is 0.416 e. The molecule has 3 atom stereocenters. The van der Waals surface area contributed by atoms with Crippen LogP contribution >= 0.6 is 0 Å². The van der Waals surface area contributed by atoms with Crippen LogP contribution in [0.15, 0.2) is 54.6 Å². The van der Waals surface area contributed by atoms with Crippen LogP contribution < -0.4 is 0 Å². The Bertz CT molecular complexity index is 1450. The van der Waals surface area contributed by atoms with Crippen LogP contribution in [-0.4, -0.2) is 34.0 Å². The third kappa shape index (κ3) is 4.83. The zero-order valence-electron chi connectivity index (χ0n) is 21.6. The van der Waals surface area contributed by atoms with E-state index in [-0.39, 0.29) is 41.7 Å². The summed E-state index contributed by atoms with van der Waals surface area (Å²) >= 11 is 0. The highest BCUT2D eigenvalue weighted by molar-refractivity contribution is 5.96. The molecule has 10 heteroatoms. The number of pyridine rings is 1. The van der Waals surface area contributed by atoms with E-state index in [1.165, 1.54) is 4.90 Å². The predicted octanol–water partition coefficient (Wildman–Crippen LogP) is 6.65. The fraction of sp³-hybridized carbons (Fsp3) is 0.367. The lowest BCUT2D eigenvalue weighted by Crippen LogP contribution is -2.59. The SMILES string of the molecule is Cc1ccc([C@]2(O)[C@@H]3CCC[C@H]2CN(C(=O)c2cc(C#N)c(-c4ccc(C(F)(F)F)cc4)nc2C(F)F)C3)cc1. The highest BCUT2D eigenvalue weighted by Crippen LogP contribution is 2.49. The van der Waals surface area contributed by atoms with Gasteiger partial charge in [0.05, 0.1) is 28.0 Å². The van der Waals surface area contributed by atoms with Crippen LogP contribution in [-0.2, 0) is 11.8 Å². The molecule has 1 aliphatic carbocycles. The number of carbonyl (C=O) groups excluding carboxylic acids is 1. The molecule has 208 valence electrons. The second kappa shape index (κ2) is 10.3. The molecule has 1 aliphatic heterocycles. The first-order chi connectivity index (χ1) is 18.9. The molecule has 2 heterocycles. The Hall–Kier alpha value is -3.84. The number of carbonyl (C=O) groups is 1. The van der Waals surface area contributed by atoms with E-state index in [0.29, 0.717) is 12.8 Å². The Morgan fingerprint density at radius 1 is 1.07 bits per heavy atom. The third-order valence-corrected chi connectivity index (χ3v) is 8.13. The molecule has 0 unspecified atom stereocenters. The van der Waals surface area contributed by atoms with Crippen molar-refractivity contribution < 1.29 is 31.9 Å². The number of nitriles is 1. The highest BCUT2D eigenvalue weighted by atomic mass is 19.4. The summed E-state index contributed by atoms with van der Waals surface area (Å²) < 4.78 is 67.3. The maximum Gasteiger partial charge on any atom is 0.416 e. The standard InChI is InChI=1S/C30H26F5N3O2/c1-17-5-9-20(10-6-17)29(40)22-3-2-4-23(29)16-38(15-22)28(39)24-13-19(14-36)25(37-26(24)27(31)32)18-7-11-21(12-8-18)30(33,34)35/h5-13,22-23,27,40H,2-4,15-16H2,1H3/t22-,23+,29+. The van der Waals surface area contributed by atoms with Gasteiger partial charge in [0.25, 0.3) is 12.3 Å². The quantitative estimate of drug-likeness (QED) is 0.366. The highest BCUT2D eigenvalue weighted by Gasteiger charge is 2.52. The lowest BCUT2D eigenvalue weighted by molar-refractivity contribution is -0.139. The fourth-order valence-corrected chi connectivity index (χ4v) is 6.07. The number of likely N-dealkylation sites (tertiary alicyclic amines) is 1. The number of amides is 1. The van der Waals surface area contributed by atoms with Crippen LogP contribution in [0, 0.1) is 30.1 Å². The molecule has 3 aromatic rings. The van der Waals surface area contributed by atoms with E-state index in [1.54, 1.807) is 0 Å². The molecule has 1 aromatic heterocycles. The zero-order valence-corrected chi connectivity index (χ0v) is 21.6. The number of benzene rings is 2. The first-order valence-electron chi connectivity index (χ1n) is 12.9. The summed E-state index contributed by atoms with van der Waals surface area (Å²) in [5, 5.41) is 21.6. The number of nitrogens with zero attached hydrogens (tertiary/aromatic N) is 3. The van der Waals surface area contributed by atoms with Crippen molar-refractivity contribution in [3.8, 4) is 17.3 Å². The normalized spacial score (nSPS) is 22.7. The van der Waals surface area contributed by atoms with Crippen molar-refractivity contribution >= 4 is 5.91 Å². The van der Waals surface area contributed by atoms with E-state index in [1.807, 2.05) is 37.3 Å². The molecule has 0 spiro atoms. The molecule has 2 aromatic carbocycles. The number of hydrogen-bond acceptors (Lipinski definition) is 4. The smallest absolute Gasteiger partial charge is 0.384 e. The summed E-state index contributed by atoms with van der Waals surface area (Å²) in [5.74, 6) is -1.34. The number of aliphatic hydroxyl groups is 1. The van der Waals surface area contributed by atoms with Gasteiger partial charge in [-0.25, -0.2) is 13.8 Å². The number of alkyl halides is 5. The van der Waals surface area contributed by atoms with Gasteiger partial charge in [-0.05, 0) is 43.5 Å². The molecule has 2 aliphatic rings. The molecule has 40 heavy (non-hydrogen) atoms. The van der Waals surface area contributed by atoms with Crippen LogP contribution in [0.2, 0.25) is 0 Å². The molecule has 1 N–H and O–H groups in total. The Morgan fingerprint density at radius 2 is 1.68 bits per heavy atom. The molecule has 2 bridgehead atoms. The van der Waals surface area contributed by atoms with Gasteiger partial charge in [0, 0.05) is 30.5 Å². The van der Waals surface area contributed by atoms with Gasteiger partial charge < -0.3 is 10.0 Å².